The fraction of sp³-hybridized carbons (Fsp3) is 0.615. The lowest BCUT2D eigenvalue weighted by molar-refractivity contribution is -0.147. The van der Waals surface area contributed by atoms with Crippen LogP contribution in [0.5, 0.6) is 0 Å². The third-order valence-electron chi connectivity index (χ3n) is 3.16. The highest BCUT2D eigenvalue weighted by atomic mass is 32.1. The molecule has 0 bridgehead atoms. The molecule has 0 aromatic rings. The van der Waals surface area contributed by atoms with Gasteiger partial charge in [0.05, 0.1) is 19.1 Å². The predicted octanol–water partition coefficient (Wildman–Crippen LogP) is -3.82. The summed E-state index contributed by atoms with van der Waals surface area (Å²) in [7, 11) is 0. The van der Waals surface area contributed by atoms with Crippen molar-refractivity contribution in [2.75, 3.05) is 18.1 Å². The van der Waals surface area contributed by atoms with Gasteiger partial charge in [0, 0.05) is 11.5 Å². The molecule has 14 heteroatoms. The molecule has 0 spiro atoms. The molecular weight excluding hydrogens is 404 g/mol. The Morgan fingerprint density at radius 2 is 1.30 bits per heavy atom. The lowest BCUT2D eigenvalue weighted by Gasteiger charge is -2.23. The van der Waals surface area contributed by atoms with Crippen LogP contribution < -0.4 is 21.7 Å². The maximum Gasteiger partial charge on any atom is 0.326 e. The topological polar surface area (TPSA) is 208 Å². The van der Waals surface area contributed by atoms with Gasteiger partial charge in [0.1, 0.15) is 18.1 Å². The fourth-order valence-corrected chi connectivity index (χ4v) is 2.09. The van der Waals surface area contributed by atoms with Gasteiger partial charge in [-0.3, -0.25) is 19.2 Å². The Kier molecular flexibility index (Phi) is 11.4. The van der Waals surface area contributed by atoms with E-state index in [1.807, 2.05) is 5.32 Å². The highest BCUT2D eigenvalue weighted by molar-refractivity contribution is 7.80. The van der Waals surface area contributed by atoms with Gasteiger partial charge in [-0.05, 0) is 0 Å². The van der Waals surface area contributed by atoms with Gasteiger partial charge in [0.25, 0.3) is 0 Å². The molecule has 0 aliphatic carbocycles. The Hall–Kier alpha value is -2.03. The van der Waals surface area contributed by atoms with Gasteiger partial charge in [0.2, 0.25) is 17.7 Å². The van der Waals surface area contributed by atoms with Gasteiger partial charge < -0.3 is 37.0 Å². The van der Waals surface area contributed by atoms with Crippen LogP contribution in [0, 0.1) is 0 Å². The summed E-state index contributed by atoms with van der Waals surface area (Å²) >= 11 is 7.76. The molecule has 0 heterocycles. The van der Waals surface area contributed by atoms with Gasteiger partial charge in [-0.15, -0.1) is 0 Å². The van der Waals surface area contributed by atoms with Crippen LogP contribution in [-0.4, -0.2) is 87.3 Å². The number of aliphatic hydroxyl groups is 1. The molecule has 8 N–H and O–H groups in total. The van der Waals surface area contributed by atoms with Crippen molar-refractivity contribution in [3.05, 3.63) is 0 Å². The minimum atomic E-state index is -1.75. The lowest BCUT2D eigenvalue weighted by atomic mass is 10.1. The highest BCUT2D eigenvalue weighted by Gasteiger charge is 2.30. The Balaban J connectivity index is 4.98. The lowest BCUT2D eigenvalue weighted by Crippen LogP contribution is -2.58. The molecule has 0 aromatic heterocycles. The summed E-state index contributed by atoms with van der Waals surface area (Å²) in [5.74, 6) is -5.89. The van der Waals surface area contributed by atoms with Gasteiger partial charge in [-0.25, -0.2) is 4.79 Å². The maximum atomic E-state index is 12.2. The molecule has 0 aliphatic heterocycles. The molecule has 154 valence electrons. The Bertz CT molecular complexity index is 577. The number of aliphatic hydroxyl groups excluding tert-OH is 1. The molecule has 0 fully saturated rings. The van der Waals surface area contributed by atoms with Crippen molar-refractivity contribution in [3.63, 3.8) is 0 Å². The van der Waals surface area contributed by atoms with E-state index in [0.717, 1.165) is 0 Å². The summed E-state index contributed by atoms with van der Waals surface area (Å²) in [6, 6.07) is -5.50. The van der Waals surface area contributed by atoms with E-state index in [0.29, 0.717) is 0 Å². The number of nitrogens with two attached hydrogens (primary N) is 1. The van der Waals surface area contributed by atoms with Gasteiger partial charge in [-0.2, -0.15) is 25.3 Å². The minimum Gasteiger partial charge on any atom is -0.481 e. The van der Waals surface area contributed by atoms with Crippen LogP contribution in [0.3, 0.4) is 0 Å². The van der Waals surface area contributed by atoms with Gasteiger partial charge in [0.15, 0.2) is 0 Å². The molecule has 0 rings (SSSR count). The molecule has 0 radical (unpaired) electrons. The second-order valence-electron chi connectivity index (χ2n) is 5.27. The molecule has 4 atom stereocenters. The van der Waals surface area contributed by atoms with Crippen molar-refractivity contribution < 1.29 is 39.3 Å². The summed E-state index contributed by atoms with van der Waals surface area (Å²) in [5.41, 5.74) is 5.47. The molecule has 3 amide bonds. The standard InChI is InChI=1S/C13H22N4O8S2/c14-5(3-26)10(21)17-8(4-27)12(23)16-7(2-18)11(22)15-6(13(24)25)1-9(19)20/h5-8,18,26-27H,1-4,14H2,(H,15,22)(H,16,23)(H,17,21)(H,19,20)(H,24,25). The van der Waals surface area contributed by atoms with E-state index < -0.39 is 66.9 Å². The zero-order valence-corrected chi connectivity index (χ0v) is 15.8. The monoisotopic (exact) mass is 426 g/mol. The van der Waals surface area contributed by atoms with Gasteiger partial charge in [-0.1, -0.05) is 0 Å². The van der Waals surface area contributed by atoms with Gasteiger partial charge >= 0.3 is 11.9 Å². The number of thiol groups is 2. The molecule has 0 aromatic carbocycles. The van der Waals surface area contributed by atoms with Crippen LogP contribution in [0.15, 0.2) is 0 Å². The third kappa shape index (κ3) is 8.94. The van der Waals surface area contributed by atoms with Crippen LogP contribution in [0.1, 0.15) is 6.42 Å². The van der Waals surface area contributed by atoms with E-state index in [1.54, 1.807) is 0 Å². The molecule has 0 aliphatic rings. The second kappa shape index (κ2) is 12.4. The molecule has 4 unspecified atom stereocenters. The zero-order valence-electron chi connectivity index (χ0n) is 14.0. The number of carboxylic acids is 2. The van der Waals surface area contributed by atoms with Crippen molar-refractivity contribution in [3.8, 4) is 0 Å². The van der Waals surface area contributed by atoms with Crippen LogP contribution in [-0.2, 0) is 24.0 Å². The van der Waals surface area contributed by atoms with Crippen molar-refractivity contribution in [1.29, 1.82) is 0 Å². The van der Waals surface area contributed by atoms with Crippen LogP contribution in [0.4, 0.5) is 0 Å². The van der Waals surface area contributed by atoms with Crippen molar-refractivity contribution in [1.82, 2.24) is 16.0 Å². The Labute approximate surface area is 165 Å². The van der Waals surface area contributed by atoms with Crippen molar-refractivity contribution in [2.45, 2.75) is 30.6 Å². The molecular formula is C13H22N4O8S2. The van der Waals surface area contributed by atoms with E-state index in [9.17, 15) is 29.1 Å². The number of carboxylic acid groups (broad SMARTS) is 2. The first-order chi connectivity index (χ1) is 12.6. The number of carbonyl (C=O) groups is 5. The molecule has 27 heavy (non-hydrogen) atoms. The first-order valence-corrected chi connectivity index (χ1v) is 8.77. The van der Waals surface area contributed by atoms with Crippen LogP contribution in [0.25, 0.3) is 0 Å². The smallest absolute Gasteiger partial charge is 0.326 e. The van der Waals surface area contributed by atoms with E-state index >= 15 is 0 Å². The quantitative estimate of drug-likeness (QED) is 0.140. The number of carbonyl (C=O) groups excluding carboxylic acids is 3. The third-order valence-corrected chi connectivity index (χ3v) is 3.92. The average molecular weight is 426 g/mol. The SMILES string of the molecule is NC(CS)C(=O)NC(CS)C(=O)NC(CO)C(=O)NC(CC(=O)O)C(=O)O. The molecule has 12 nitrogen and oxygen atoms in total. The van der Waals surface area contributed by atoms with E-state index in [-0.39, 0.29) is 11.5 Å². The number of rotatable bonds is 12. The average Bonchev–Trinajstić information content (AvgIpc) is 2.61. The summed E-state index contributed by atoms with van der Waals surface area (Å²) in [6.07, 6.45) is -0.899. The zero-order chi connectivity index (χ0) is 21.1. The van der Waals surface area contributed by atoms with Crippen LogP contribution in [0.2, 0.25) is 0 Å². The summed E-state index contributed by atoms with van der Waals surface area (Å²) in [6.45, 7) is -0.902. The summed E-state index contributed by atoms with van der Waals surface area (Å²) in [5, 5.41) is 33.1. The predicted molar refractivity (Wildman–Crippen MR) is 98.4 cm³/mol. The first-order valence-electron chi connectivity index (χ1n) is 7.51. The van der Waals surface area contributed by atoms with Crippen molar-refractivity contribution in [2.24, 2.45) is 5.73 Å². The van der Waals surface area contributed by atoms with E-state index in [2.05, 4.69) is 35.9 Å². The maximum absolute atomic E-state index is 12.2. The normalized spacial score (nSPS) is 15.0. The summed E-state index contributed by atoms with van der Waals surface area (Å²) in [4.78, 5) is 57.5. The molecule has 0 saturated heterocycles. The summed E-state index contributed by atoms with van der Waals surface area (Å²) < 4.78 is 0. The Morgan fingerprint density at radius 3 is 1.70 bits per heavy atom. The fourth-order valence-electron chi connectivity index (χ4n) is 1.67. The van der Waals surface area contributed by atoms with Crippen LogP contribution >= 0.6 is 25.3 Å². The highest BCUT2D eigenvalue weighted by Crippen LogP contribution is 1.97. The van der Waals surface area contributed by atoms with Crippen molar-refractivity contribution >= 4 is 54.9 Å². The van der Waals surface area contributed by atoms with E-state index in [4.69, 9.17) is 15.9 Å². The number of nitrogens with one attached hydrogen (secondary N) is 3. The molecule has 0 saturated carbocycles. The number of hydrogen-bond donors (Lipinski definition) is 9. The second-order valence-corrected chi connectivity index (χ2v) is 6.00. The Morgan fingerprint density at radius 1 is 0.815 bits per heavy atom. The van der Waals surface area contributed by atoms with E-state index in [1.165, 1.54) is 0 Å². The number of hydrogen-bond acceptors (Lipinski definition) is 9. The number of amides is 3. The minimum absolute atomic E-state index is 0.0224. The largest absolute Gasteiger partial charge is 0.481 e. The number of aliphatic carboxylic acids is 2. The first kappa shape index (κ1) is 25.0.